The number of hydrogen-bond acceptors (Lipinski definition) is 1. The maximum absolute atomic E-state index is 12.7. The zero-order chi connectivity index (χ0) is 13.6. The van der Waals surface area contributed by atoms with Crippen molar-refractivity contribution >= 4 is 11.6 Å². The summed E-state index contributed by atoms with van der Waals surface area (Å²) in [6.07, 6.45) is 0. The van der Waals surface area contributed by atoms with Gasteiger partial charge in [0, 0.05) is 12.7 Å². The lowest BCUT2D eigenvalue weighted by molar-refractivity contribution is -0.121. The fourth-order valence-electron chi connectivity index (χ4n) is 2.98. The largest absolute Gasteiger partial charge is 0.314 e. The molecule has 96 valence electrons. The van der Waals surface area contributed by atoms with E-state index < -0.39 is 5.41 Å². The number of nitrogens with zero attached hydrogens (tertiary/aromatic N) is 1. The molecule has 2 nitrogen and oxygen atoms in total. The second-order valence-corrected chi connectivity index (χ2v) is 5.38. The first-order valence-electron chi connectivity index (χ1n) is 6.50. The van der Waals surface area contributed by atoms with E-state index >= 15 is 0 Å². The third-order valence-electron chi connectivity index (χ3n) is 4.13. The molecular formula is C17H17NO. The molecule has 0 radical (unpaired) electrons. The van der Waals surface area contributed by atoms with Crippen LogP contribution in [0.15, 0.2) is 48.5 Å². The lowest BCUT2D eigenvalue weighted by Gasteiger charge is -2.24. The molecule has 2 heteroatoms. The minimum atomic E-state index is -0.572. The van der Waals surface area contributed by atoms with Crippen LogP contribution < -0.4 is 4.90 Å². The SMILES string of the molecule is Cc1cccc([C@@]2(C)C(=O)N(C)c3ccccc32)c1. The molecule has 19 heavy (non-hydrogen) atoms. The van der Waals surface area contributed by atoms with E-state index in [0.29, 0.717) is 0 Å². The molecule has 0 fully saturated rings. The maximum atomic E-state index is 12.7. The fraction of sp³-hybridized carbons (Fsp3) is 0.235. The van der Waals surface area contributed by atoms with Gasteiger partial charge in [-0.25, -0.2) is 0 Å². The topological polar surface area (TPSA) is 20.3 Å². The molecule has 1 aliphatic heterocycles. The quantitative estimate of drug-likeness (QED) is 0.761. The Bertz CT molecular complexity index is 662. The Morgan fingerprint density at radius 2 is 1.79 bits per heavy atom. The predicted octanol–water partition coefficient (Wildman–Crippen LogP) is 3.28. The van der Waals surface area contributed by atoms with Crippen LogP contribution in [0.2, 0.25) is 0 Å². The van der Waals surface area contributed by atoms with Crippen LogP contribution in [-0.2, 0) is 10.2 Å². The number of anilines is 1. The number of para-hydroxylation sites is 1. The first kappa shape index (κ1) is 12.0. The highest BCUT2D eigenvalue weighted by Crippen LogP contribution is 2.45. The molecule has 1 aliphatic rings. The van der Waals surface area contributed by atoms with Crippen LogP contribution in [0, 0.1) is 6.92 Å². The molecular weight excluding hydrogens is 234 g/mol. The molecule has 2 aromatic carbocycles. The van der Waals surface area contributed by atoms with E-state index in [-0.39, 0.29) is 5.91 Å². The van der Waals surface area contributed by atoms with Crippen molar-refractivity contribution in [2.24, 2.45) is 0 Å². The van der Waals surface area contributed by atoms with Crippen molar-refractivity contribution < 1.29 is 4.79 Å². The van der Waals surface area contributed by atoms with Crippen molar-refractivity contribution in [2.75, 3.05) is 11.9 Å². The molecule has 1 atom stereocenters. The molecule has 0 saturated carbocycles. The number of carbonyl (C=O) groups is 1. The number of likely N-dealkylation sites (N-methyl/N-ethyl adjacent to an activating group) is 1. The van der Waals surface area contributed by atoms with Crippen LogP contribution >= 0.6 is 0 Å². The summed E-state index contributed by atoms with van der Waals surface area (Å²) in [5, 5.41) is 0. The molecule has 0 saturated heterocycles. The molecule has 0 aliphatic carbocycles. The summed E-state index contributed by atoms with van der Waals surface area (Å²) in [6, 6.07) is 16.3. The fourth-order valence-corrected chi connectivity index (χ4v) is 2.98. The summed E-state index contributed by atoms with van der Waals surface area (Å²) in [6.45, 7) is 4.08. The van der Waals surface area contributed by atoms with Crippen LogP contribution in [0.3, 0.4) is 0 Å². The number of hydrogen-bond donors (Lipinski definition) is 0. The summed E-state index contributed by atoms with van der Waals surface area (Å²) in [7, 11) is 1.85. The van der Waals surface area contributed by atoms with E-state index in [1.165, 1.54) is 5.56 Å². The Morgan fingerprint density at radius 3 is 2.53 bits per heavy atom. The number of aryl methyl sites for hydroxylation is 1. The second-order valence-electron chi connectivity index (χ2n) is 5.38. The van der Waals surface area contributed by atoms with E-state index in [0.717, 1.165) is 16.8 Å². The van der Waals surface area contributed by atoms with Crippen molar-refractivity contribution in [3.63, 3.8) is 0 Å². The van der Waals surface area contributed by atoms with Gasteiger partial charge in [0.05, 0.1) is 5.41 Å². The molecule has 0 N–H and O–H groups in total. The van der Waals surface area contributed by atoms with Crippen LogP contribution in [0.25, 0.3) is 0 Å². The van der Waals surface area contributed by atoms with Crippen LogP contribution in [0.4, 0.5) is 5.69 Å². The van der Waals surface area contributed by atoms with Crippen molar-refractivity contribution in [1.82, 2.24) is 0 Å². The molecule has 0 unspecified atom stereocenters. The predicted molar refractivity (Wildman–Crippen MR) is 77.5 cm³/mol. The first-order valence-corrected chi connectivity index (χ1v) is 6.50. The summed E-state index contributed by atoms with van der Waals surface area (Å²) in [5.74, 6) is 0.138. The number of benzene rings is 2. The highest BCUT2D eigenvalue weighted by atomic mass is 16.2. The zero-order valence-electron chi connectivity index (χ0n) is 11.5. The highest BCUT2D eigenvalue weighted by Gasteiger charge is 2.46. The molecule has 2 aromatic rings. The third kappa shape index (κ3) is 1.53. The van der Waals surface area contributed by atoms with Crippen molar-refractivity contribution in [3.05, 3.63) is 65.2 Å². The minimum Gasteiger partial charge on any atom is -0.314 e. The maximum Gasteiger partial charge on any atom is 0.241 e. The average molecular weight is 251 g/mol. The van der Waals surface area contributed by atoms with Gasteiger partial charge < -0.3 is 4.90 Å². The minimum absolute atomic E-state index is 0.138. The van der Waals surface area contributed by atoms with Crippen LogP contribution in [0.5, 0.6) is 0 Å². The van der Waals surface area contributed by atoms with Gasteiger partial charge in [-0.05, 0) is 31.0 Å². The van der Waals surface area contributed by atoms with E-state index in [1.54, 1.807) is 4.90 Å². The van der Waals surface area contributed by atoms with E-state index in [1.807, 2.05) is 44.3 Å². The van der Waals surface area contributed by atoms with Crippen LogP contribution in [0.1, 0.15) is 23.6 Å². The smallest absolute Gasteiger partial charge is 0.241 e. The van der Waals surface area contributed by atoms with Gasteiger partial charge in [0.2, 0.25) is 5.91 Å². The molecule has 0 bridgehead atoms. The Balaban J connectivity index is 2.27. The van der Waals surface area contributed by atoms with Gasteiger partial charge in [-0.1, -0.05) is 48.0 Å². The van der Waals surface area contributed by atoms with Crippen molar-refractivity contribution in [1.29, 1.82) is 0 Å². The summed E-state index contributed by atoms with van der Waals surface area (Å²) in [4.78, 5) is 14.5. The molecule has 0 aromatic heterocycles. The van der Waals surface area contributed by atoms with Crippen molar-refractivity contribution in [2.45, 2.75) is 19.3 Å². The zero-order valence-corrected chi connectivity index (χ0v) is 11.5. The Kier molecular flexibility index (Phi) is 2.49. The highest BCUT2D eigenvalue weighted by molar-refractivity contribution is 6.09. The van der Waals surface area contributed by atoms with Gasteiger partial charge >= 0.3 is 0 Å². The molecule has 1 heterocycles. The first-order chi connectivity index (χ1) is 9.05. The molecule has 0 spiro atoms. The standard InChI is InChI=1S/C17H17NO/c1-12-7-6-8-13(11-12)17(2)14-9-4-5-10-15(14)18(3)16(17)19/h4-11H,1-3H3/t17-/m1/s1. The normalized spacial score (nSPS) is 21.6. The number of amides is 1. The lowest BCUT2D eigenvalue weighted by atomic mass is 9.77. The Morgan fingerprint density at radius 1 is 1.05 bits per heavy atom. The van der Waals surface area contributed by atoms with E-state index in [9.17, 15) is 4.79 Å². The van der Waals surface area contributed by atoms with E-state index in [2.05, 4.69) is 25.1 Å². The number of fused-ring (bicyclic) bond motifs is 1. The van der Waals surface area contributed by atoms with Crippen molar-refractivity contribution in [3.8, 4) is 0 Å². The van der Waals surface area contributed by atoms with Gasteiger partial charge in [-0.3, -0.25) is 4.79 Å². The number of carbonyl (C=O) groups excluding carboxylic acids is 1. The third-order valence-corrected chi connectivity index (χ3v) is 4.13. The van der Waals surface area contributed by atoms with Gasteiger partial charge in [-0.2, -0.15) is 0 Å². The summed E-state index contributed by atoms with van der Waals surface area (Å²) >= 11 is 0. The number of rotatable bonds is 1. The molecule has 1 amide bonds. The summed E-state index contributed by atoms with van der Waals surface area (Å²) in [5.41, 5.74) is 3.77. The average Bonchev–Trinajstić information content (AvgIpc) is 2.63. The summed E-state index contributed by atoms with van der Waals surface area (Å²) < 4.78 is 0. The monoisotopic (exact) mass is 251 g/mol. The Hall–Kier alpha value is -2.09. The lowest BCUT2D eigenvalue weighted by Crippen LogP contribution is -2.37. The Labute approximate surface area is 113 Å². The van der Waals surface area contributed by atoms with Gasteiger partial charge in [0.25, 0.3) is 0 Å². The van der Waals surface area contributed by atoms with Crippen LogP contribution in [-0.4, -0.2) is 13.0 Å². The second kappa shape index (κ2) is 3.95. The van der Waals surface area contributed by atoms with Gasteiger partial charge in [0.1, 0.15) is 0 Å². The van der Waals surface area contributed by atoms with Gasteiger partial charge in [0.15, 0.2) is 0 Å². The van der Waals surface area contributed by atoms with Gasteiger partial charge in [-0.15, -0.1) is 0 Å². The van der Waals surface area contributed by atoms with E-state index in [4.69, 9.17) is 0 Å². The molecule has 3 rings (SSSR count).